The summed E-state index contributed by atoms with van der Waals surface area (Å²) in [4.78, 5) is 0.138. The van der Waals surface area contributed by atoms with Crippen LogP contribution in [-0.2, 0) is 10.0 Å². The molecule has 0 amide bonds. The van der Waals surface area contributed by atoms with Crippen molar-refractivity contribution in [3.8, 4) is 0 Å². The van der Waals surface area contributed by atoms with E-state index in [4.69, 9.17) is 0 Å². The molecular weight excluding hydrogens is 222 g/mol. The van der Waals surface area contributed by atoms with Crippen LogP contribution < -0.4 is 4.72 Å². The highest BCUT2D eigenvalue weighted by molar-refractivity contribution is 7.92. The fourth-order valence-electron chi connectivity index (χ4n) is 1.26. The first-order valence-corrected chi connectivity index (χ1v) is 6.21. The van der Waals surface area contributed by atoms with Gasteiger partial charge >= 0.3 is 0 Å². The van der Waals surface area contributed by atoms with Crippen molar-refractivity contribution < 1.29 is 8.42 Å². The monoisotopic (exact) mass is 232 g/mol. The standard InChI is InChI=1S/C12H10NO2S/c14-16(15,12-9-5-2-6-10-12)13-11-7-3-1-4-8-11/h1-9,13H. The van der Waals surface area contributed by atoms with Gasteiger partial charge < -0.3 is 0 Å². The van der Waals surface area contributed by atoms with Crippen LogP contribution >= 0.6 is 0 Å². The molecule has 0 aliphatic rings. The molecule has 0 atom stereocenters. The van der Waals surface area contributed by atoms with E-state index in [9.17, 15) is 8.42 Å². The van der Waals surface area contributed by atoms with Gasteiger partial charge in [-0.05, 0) is 18.2 Å². The van der Waals surface area contributed by atoms with Gasteiger partial charge in [0.05, 0.1) is 4.90 Å². The Morgan fingerprint density at radius 2 is 1.62 bits per heavy atom. The summed E-state index contributed by atoms with van der Waals surface area (Å²) in [6.07, 6.45) is 0. The zero-order chi connectivity index (χ0) is 11.4. The average molecular weight is 232 g/mol. The van der Waals surface area contributed by atoms with E-state index in [2.05, 4.69) is 10.8 Å². The highest BCUT2D eigenvalue weighted by atomic mass is 32.2. The van der Waals surface area contributed by atoms with E-state index in [-0.39, 0.29) is 4.90 Å². The van der Waals surface area contributed by atoms with Crippen molar-refractivity contribution in [2.45, 2.75) is 4.90 Å². The van der Waals surface area contributed by atoms with Gasteiger partial charge in [0.25, 0.3) is 10.0 Å². The molecule has 2 rings (SSSR count). The highest BCUT2D eigenvalue weighted by Crippen LogP contribution is 2.14. The van der Waals surface area contributed by atoms with Crippen molar-refractivity contribution in [2.75, 3.05) is 4.72 Å². The molecule has 1 radical (unpaired) electrons. The summed E-state index contributed by atoms with van der Waals surface area (Å²) in [5, 5.41) is 0. The Morgan fingerprint density at radius 1 is 0.938 bits per heavy atom. The Kier molecular flexibility index (Phi) is 2.92. The Balaban J connectivity index is 2.29. The molecular formula is C12H10NO2S. The number of rotatable bonds is 3. The van der Waals surface area contributed by atoms with Crippen LogP contribution in [0.4, 0.5) is 5.69 Å². The summed E-state index contributed by atoms with van der Waals surface area (Å²) in [7, 11) is -3.52. The first-order valence-electron chi connectivity index (χ1n) is 4.73. The molecule has 0 aliphatic carbocycles. The number of hydrogen-bond donors (Lipinski definition) is 1. The Bertz CT molecular complexity index is 550. The van der Waals surface area contributed by atoms with E-state index in [1.807, 2.05) is 6.07 Å². The van der Waals surface area contributed by atoms with Crippen LogP contribution in [0, 0.1) is 6.07 Å². The second-order valence-corrected chi connectivity index (χ2v) is 4.85. The maximum absolute atomic E-state index is 11.9. The molecule has 0 bridgehead atoms. The Hall–Kier alpha value is -1.81. The minimum Gasteiger partial charge on any atom is -0.280 e. The fourth-order valence-corrected chi connectivity index (χ4v) is 2.30. The third-order valence-corrected chi connectivity index (χ3v) is 3.33. The number of benzene rings is 2. The fraction of sp³-hybridized carbons (Fsp3) is 0. The first-order chi connectivity index (χ1) is 7.68. The normalized spacial score (nSPS) is 11.0. The van der Waals surface area contributed by atoms with Crippen LogP contribution in [0.2, 0.25) is 0 Å². The van der Waals surface area contributed by atoms with Crippen molar-refractivity contribution in [3.63, 3.8) is 0 Å². The van der Waals surface area contributed by atoms with Crippen LogP contribution in [0.25, 0.3) is 0 Å². The smallest absolute Gasteiger partial charge is 0.262 e. The molecule has 2 aromatic carbocycles. The molecule has 0 aromatic heterocycles. The maximum atomic E-state index is 11.9. The first kappa shape index (κ1) is 10.7. The van der Waals surface area contributed by atoms with Crippen LogP contribution in [0.15, 0.2) is 59.5 Å². The van der Waals surface area contributed by atoms with Crippen LogP contribution in [0.5, 0.6) is 0 Å². The average Bonchev–Trinajstić information content (AvgIpc) is 2.31. The lowest BCUT2D eigenvalue weighted by Crippen LogP contribution is -2.12. The van der Waals surface area contributed by atoms with Gasteiger partial charge in [-0.3, -0.25) is 4.72 Å². The van der Waals surface area contributed by atoms with Crippen molar-refractivity contribution in [1.29, 1.82) is 0 Å². The third-order valence-electron chi connectivity index (χ3n) is 2.00. The summed E-state index contributed by atoms with van der Waals surface area (Å²) in [5.74, 6) is 0. The lowest BCUT2D eigenvalue weighted by molar-refractivity contribution is 0.601. The third kappa shape index (κ3) is 2.41. The van der Waals surface area contributed by atoms with Gasteiger partial charge in [0.15, 0.2) is 0 Å². The highest BCUT2D eigenvalue weighted by Gasteiger charge is 2.12. The summed E-state index contributed by atoms with van der Waals surface area (Å²) >= 11 is 0. The van der Waals surface area contributed by atoms with E-state index in [1.54, 1.807) is 42.5 Å². The van der Waals surface area contributed by atoms with Crippen molar-refractivity contribution in [3.05, 3.63) is 60.7 Å². The Labute approximate surface area is 94.8 Å². The topological polar surface area (TPSA) is 46.2 Å². The van der Waals surface area contributed by atoms with E-state index in [0.717, 1.165) is 0 Å². The molecule has 3 nitrogen and oxygen atoms in total. The van der Waals surface area contributed by atoms with Gasteiger partial charge in [-0.25, -0.2) is 8.42 Å². The molecule has 0 saturated carbocycles. The number of nitrogens with one attached hydrogen (secondary N) is 1. The SMILES string of the molecule is O=S(=O)(Nc1ccccc1)c1[c]cccc1. The molecule has 1 N–H and O–H groups in total. The second-order valence-electron chi connectivity index (χ2n) is 3.20. The molecule has 0 spiro atoms. The minimum atomic E-state index is -3.52. The van der Waals surface area contributed by atoms with Crippen LogP contribution in [0.1, 0.15) is 0 Å². The van der Waals surface area contributed by atoms with Gasteiger partial charge in [0.1, 0.15) is 0 Å². The number of sulfonamides is 1. The predicted molar refractivity (Wildman–Crippen MR) is 62.5 cm³/mol. The number of anilines is 1. The molecule has 0 heterocycles. The molecule has 0 fully saturated rings. The zero-order valence-corrected chi connectivity index (χ0v) is 9.24. The van der Waals surface area contributed by atoms with Gasteiger partial charge in [0.2, 0.25) is 0 Å². The summed E-state index contributed by atoms with van der Waals surface area (Å²) in [5.41, 5.74) is 0.541. The van der Waals surface area contributed by atoms with E-state index in [1.165, 1.54) is 6.07 Å². The van der Waals surface area contributed by atoms with Gasteiger partial charge in [-0.15, -0.1) is 0 Å². The molecule has 4 heteroatoms. The molecule has 2 aromatic rings. The summed E-state index contributed by atoms with van der Waals surface area (Å²) in [6, 6.07) is 17.9. The molecule has 16 heavy (non-hydrogen) atoms. The lowest BCUT2D eigenvalue weighted by Gasteiger charge is -2.06. The van der Waals surface area contributed by atoms with E-state index < -0.39 is 10.0 Å². The number of para-hydroxylation sites is 1. The quantitative estimate of drug-likeness (QED) is 0.882. The maximum Gasteiger partial charge on any atom is 0.262 e. The lowest BCUT2D eigenvalue weighted by atomic mass is 10.3. The predicted octanol–water partition coefficient (Wildman–Crippen LogP) is 2.29. The van der Waals surface area contributed by atoms with Crippen molar-refractivity contribution >= 4 is 15.7 Å². The van der Waals surface area contributed by atoms with E-state index >= 15 is 0 Å². The van der Waals surface area contributed by atoms with Crippen LogP contribution in [0.3, 0.4) is 0 Å². The number of hydrogen-bond acceptors (Lipinski definition) is 2. The summed E-state index contributed by atoms with van der Waals surface area (Å²) in [6.45, 7) is 0. The van der Waals surface area contributed by atoms with Gasteiger partial charge in [-0.1, -0.05) is 36.4 Å². The largest absolute Gasteiger partial charge is 0.280 e. The Morgan fingerprint density at radius 3 is 2.25 bits per heavy atom. The summed E-state index contributed by atoms with van der Waals surface area (Å²) < 4.78 is 26.2. The van der Waals surface area contributed by atoms with Gasteiger partial charge in [-0.2, -0.15) is 0 Å². The van der Waals surface area contributed by atoms with E-state index in [0.29, 0.717) is 5.69 Å². The van der Waals surface area contributed by atoms with Crippen molar-refractivity contribution in [1.82, 2.24) is 0 Å². The molecule has 0 aliphatic heterocycles. The van der Waals surface area contributed by atoms with Crippen molar-refractivity contribution in [2.24, 2.45) is 0 Å². The van der Waals surface area contributed by atoms with Crippen LogP contribution in [-0.4, -0.2) is 8.42 Å². The minimum absolute atomic E-state index is 0.138. The second kappa shape index (κ2) is 4.37. The molecule has 0 unspecified atom stereocenters. The molecule has 81 valence electrons. The molecule has 0 saturated heterocycles. The van der Waals surface area contributed by atoms with Gasteiger partial charge in [0, 0.05) is 11.8 Å². The zero-order valence-electron chi connectivity index (χ0n) is 8.42.